The number of carbonyl (C=O) groups excluding carboxylic acids is 1. The summed E-state index contributed by atoms with van der Waals surface area (Å²) in [5.41, 5.74) is 2.27. The van der Waals surface area contributed by atoms with Crippen LogP contribution in [0.3, 0.4) is 0 Å². The Morgan fingerprint density at radius 3 is 2.89 bits per heavy atom. The number of likely N-dealkylation sites (tertiary alicyclic amines) is 1. The third-order valence-corrected chi connectivity index (χ3v) is 5.37. The lowest BCUT2D eigenvalue weighted by atomic mass is 10.0. The first-order valence-corrected chi connectivity index (χ1v) is 9.86. The van der Waals surface area contributed by atoms with Gasteiger partial charge in [0.05, 0.1) is 13.2 Å². The highest BCUT2D eigenvalue weighted by molar-refractivity contribution is 5.78. The molecule has 3 heterocycles. The molecule has 2 aromatic rings. The first kappa shape index (κ1) is 18.7. The van der Waals surface area contributed by atoms with E-state index in [-0.39, 0.29) is 18.6 Å². The van der Waals surface area contributed by atoms with Gasteiger partial charge in [-0.1, -0.05) is 0 Å². The monoisotopic (exact) mass is 382 g/mol. The number of nitrogens with one attached hydrogen (secondary N) is 1. The molecule has 0 saturated carbocycles. The molecule has 1 N–H and O–H groups in total. The Balaban J connectivity index is 1.44. The van der Waals surface area contributed by atoms with Crippen LogP contribution in [-0.2, 0) is 17.8 Å². The van der Waals surface area contributed by atoms with E-state index in [1.807, 2.05) is 23.2 Å². The number of ether oxygens (including phenoxy) is 2. The van der Waals surface area contributed by atoms with Crippen molar-refractivity contribution in [2.45, 2.75) is 38.3 Å². The van der Waals surface area contributed by atoms with E-state index < -0.39 is 0 Å². The van der Waals surface area contributed by atoms with Gasteiger partial charge >= 0.3 is 0 Å². The molecule has 0 radical (unpaired) electrons. The standard InChI is InChI=1S/C21H26N4O3/c1-27-16-5-7-17(8-6-16)28-14-20(26)25-11-3-2-4-19(25)21-23-13-15-12-22-10-9-18(15)24-21/h5-8,13,19,22H,2-4,9-12,14H2,1H3/t19-/m1/s1. The summed E-state index contributed by atoms with van der Waals surface area (Å²) in [6, 6.07) is 7.18. The molecule has 1 aromatic heterocycles. The molecular weight excluding hydrogens is 356 g/mol. The van der Waals surface area contributed by atoms with Crippen LogP contribution in [0, 0.1) is 0 Å². The minimum absolute atomic E-state index is 0.0116. The number of amides is 1. The number of aromatic nitrogens is 2. The average Bonchev–Trinajstić information content (AvgIpc) is 2.77. The number of fused-ring (bicyclic) bond motifs is 1. The zero-order valence-electron chi connectivity index (χ0n) is 16.2. The quantitative estimate of drug-likeness (QED) is 0.855. The summed E-state index contributed by atoms with van der Waals surface area (Å²) in [6.45, 7) is 2.49. The summed E-state index contributed by atoms with van der Waals surface area (Å²) in [5.74, 6) is 2.15. The largest absolute Gasteiger partial charge is 0.497 e. The van der Waals surface area contributed by atoms with Gasteiger partial charge in [-0.05, 0) is 43.5 Å². The topological polar surface area (TPSA) is 76.6 Å². The fourth-order valence-electron chi connectivity index (χ4n) is 3.81. The molecule has 2 aliphatic rings. The van der Waals surface area contributed by atoms with Crippen molar-refractivity contribution in [1.82, 2.24) is 20.2 Å². The number of carbonyl (C=O) groups is 1. The molecule has 148 valence electrons. The molecule has 0 bridgehead atoms. The summed E-state index contributed by atoms with van der Waals surface area (Å²) in [6.07, 6.45) is 5.79. The number of piperidine rings is 1. The number of hydrogen-bond donors (Lipinski definition) is 1. The summed E-state index contributed by atoms with van der Waals surface area (Å²) < 4.78 is 10.8. The van der Waals surface area contributed by atoms with E-state index in [4.69, 9.17) is 14.5 Å². The Labute approximate surface area is 165 Å². The third-order valence-electron chi connectivity index (χ3n) is 5.37. The van der Waals surface area contributed by atoms with Crippen molar-refractivity contribution in [3.8, 4) is 11.5 Å². The van der Waals surface area contributed by atoms with E-state index >= 15 is 0 Å². The van der Waals surface area contributed by atoms with E-state index in [1.54, 1.807) is 19.2 Å². The molecule has 0 spiro atoms. The number of methoxy groups -OCH3 is 1. The van der Waals surface area contributed by atoms with Crippen LogP contribution in [0.4, 0.5) is 0 Å². The van der Waals surface area contributed by atoms with Gasteiger partial charge in [0.1, 0.15) is 11.5 Å². The maximum Gasteiger partial charge on any atom is 0.261 e. The van der Waals surface area contributed by atoms with Gasteiger partial charge in [-0.15, -0.1) is 0 Å². The van der Waals surface area contributed by atoms with Gasteiger partial charge in [-0.25, -0.2) is 9.97 Å². The van der Waals surface area contributed by atoms with E-state index in [9.17, 15) is 4.79 Å². The van der Waals surface area contributed by atoms with Crippen LogP contribution in [0.5, 0.6) is 11.5 Å². The second kappa shape index (κ2) is 8.56. The molecule has 1 fully saturated rings. The molecule has 0 aliphatic carbocycles. The zero-order valence-corrected chi connectivity index (χ0v) is 16.2. The lowest BCUT2D eigenvalue weighted by Crippen LogP contribution is -2.42. The van der Waals surface area contributed by atoms with Gasteiger partial charge < -0.3 is 19.7 Å². The van der Waals surface area contributed by atoms with E-state index in [1.165, 1.54) is 0 Å². The Kier molecular flexibility index (Phi) is 5.71. The van der Waals surface area contributed by atoms with Crippen LogP contribution in [-0.4, -0.2) is 47.6 Å². The number of hydrogen-bond acceptors (Lipinski definition) is 6. The molecule has 28 heavy (non-hydrogen) atoms. The molecule has 7 nitrogen and oxygen atoms in total. The fraction of sp³-hybridized carbons (Fsp3) is 0.476. The van der Waals surface area contributed by atoms with Crippen LogP contribution < -0.4 is 14.8 Å². The van der Waals surface area contributed by atoms with Crippen molar-refractivity contribution in [2.75, 3.05) is 26.8 Å². The Morgan fingerprint density at radius 2 is 2.07 bits per heavy atom. The SMILES string of the molecule is COc1ccc(OCC(=O)N2CCCC[C@@H]2c2ncc3c(n2)CCNC3)cc1. The van der Waals surface area contributed by atoms with Gasteiger partial charge in [0.2, 0.25) is 0 Å². The van der Waals surface area contributed by atoms with E-state index in [0.29, 0.717) is 5.75 Å². The van der Waals surface area contributed by atoms with Crippen molar-refractivity contribution in [1.29, 1.82) is 0 Å². The lowest BCUT2D eigenvalue weighted by molar-refractivity contribution is -0.137. The molecule has 1 amide bonds. The molecule has 4 rings (SSSR count). The number of nitrogens with zero attached hydrogens (tertiary/aromatic N) is 3. The average molecular weight is 382 g/mol. The highest BCUT2D eigenvalue weighted by atomic mass is 16.5. The van der Waals surface area contributed by atoms with E-state index in [0.717, 1.165) is 68.1 Å². The maximum absolute atomic E-state index is 12.9. The van der Waals surface area contributed by atoms with Crippen LogP contribution in [0.2, 0.25) is 0 Å². The minimum atomic E-state index is -0.0686. The van der Waals surface area contributed by atoms with Crippen molar-refractivity contribution in [3.05, 3.63) is 47.5 Å². The van der Waals surface area contributed by atoms with Crippen molar-refractivity contribution < 1.29 is 14.3 Å². The van der Waals surface area contributed by atoms with Crippen LogP contribution in [0.15, 0.2) is 30.5 Å². The Morgan fingerprint density at radius 1 is 1.25 bits per heavy atom. The molecular formula is C21H26N4O3. The van der Waals surface area contributed by atoms with Crippen molar-refractivity contribution in [3.63, 3.8) is 0 Å². The van der Waals surface area contributed by atoms with Crippen LogP contribution in [0.25, 0.3) is 0 Å². The maximum atomic E-state index is 12.9. The number of benzene rings is 1. The third kappa shape index (κ3) is 4.09. The molecule has 1 aromatic carbocycles. The summed E-state index contributed by atoms with van der Waals surface area (Å²) >= 11 is 0. The van der Waals surface area contributed by atoms with Crippen molar-refractivity contribution >= 4 is 5.91 Å². The summed E-state index contributed by atoms with van der Waals surface area (Å²) in [7, 11) is 1.62. The normalized spacial score (nSPS) is 19.0. The fourth-order valence-corrected chi connectivity index (χ4v) is 3.81. The molecule has 0 unspecified atom stereocenters. The van der Waals surface area contributed by atoms with Gasteiger partial charge in [-0.3, -0.25) is 4.79 Å². The van der Waals surface area contributed by atoms with Crippen LogP contribution >= 0.6 is 0 Å². The molecule has 7 heteroatoms. The number of rotatable bonds is 5. The predicted molar refractivity (Wildman–Crippen MR) is 104 cm³/mol. The smallest absolute Gasteiger partial charge is 0.261 e. The second-order valence-corrected chi connectivity index (χ2v) is 7.19. The van der Waals surface area contributed by atoms with Gasteiger partial charge in [0.25, 0.3) is 5.91 Å². The van der Waals surface area contributed by atoms with Gasteiger partial charge in [-0.2, -0.15) is 0 Å². The molecule has 2 aliphatic heterocycles. The highest BCUT2D eigenvalue weighted by Crippen LogP contribution is 2.30. The van der Waals surface area contributed by atoms with Crippen LogP contribution in [0.1, 0.15) is 42.4 Å². The summed E-state index contributed by atoms with van der Waals surface area (Å²) in [4.78, 5) is 24.2. The molecule has 1 atom stereocenters. The Hall–Kier alpha value is -2.67. The van der Waals surface area contributed by atoms with E-state index in [2.05, 4.69) is 10.3 Å². The van der Waals surface area contributed by atoms with Crippen molar-refractivity contribution in [2.24, 2.45) is 0 Å². The van der Waals surface area contributed by atoms with Gasteiger partial charge in [0, 0.05) is 43.5 Å². The highest BCUT2D eigenvalue weighted by Gasteiger charge is 2.30. The minimum Gasteiger partial charge on any atom is -0.497 e. The Bertz CT molecular complexity index is 825. The van der Waals surface area contributed by atoms with Gasteiger partial charge in [0.15, 0.2) is 12.4 Å². The second-order valence-electron chi connectivity index (χ2n) is 7.19. The summed E-state index contributed by atoms with van der Waals surface area (Å²) in [5, 5.41) is 3.34. The first-order chi connectivity index (χ1) is 13.7. The predicted octanol–water partition coefficient (Wildman–Crippen LogP) is 2.26. The lowest BCUT2D eigenvalue weighted by Gasteiger charge is -2.35. The zero-order chi connectivity index (χ0) is 19.3. The first-order valence-electron chi connectivity index (χ1n) is 9.86. The molecule has 1 saturated heterocycles.